The van der Waals surface area contributed by atoms with Crippen molar-refractivity contribution in [2.45, 2.75) is 12.8 Å². The van der Waals surface area contributed by atoms with E-state index in [1.807, 2.05) is 0 Å². The van der Waals surface area contributed by atoms with Gasteiger partial charge in [0.1, 0.15) is 6.26 Å². The normalized spacial score (nSPS) is 20.3. The Hall–Kier alpha value is -1.62. The summed E-state index contributed by atoms with van der Waals surface area (Å²) in [6.07, 6.45) is 3.03. The molecule has 1 aromatic rings. The second kappa shape index (κ2) is 5.14. The Balaban J connectivity index is 2.09. The highest BCUT2D eigenvalue weighted by Gasteiger charge is 2.24. The Labute approximate surface area is 98.7 Å². The maximum Gasteiger partial charge on any atom is 0.335 e. The molecule has 1 N–H and O–H groups in total. The summed E-state index contributed by atoms with van der Waals surface area (Å²) in [6, 6.07) is 2.71. The summed E-state index contributed by atoms with van der Waals surface area (Å²) in [6.45, 7) is 1.36. The van der Waals surface area contributed by atoms with Crippen LogP contribution in [0.1, 0.15) is 23.2 Å². The molecule has 1 aliphatic rings. The molecular weight excluding hydrogens is 222 g/mol. The lowest BCUT2D eigenvalue weighted by Crippen LogP contribution is -2.41. The second-order valence-corrected chi connectivity index (χ2v) is 4.29. The van der Waals surface area contributed by atoms with E-state index in [-0.39, 0.29) is 18.4 Å². The number of aliphatic hydroxyl groups excluding tert-OH is 1. The van der Waals surface area contributed by atoms with Crippen molar-refractivity contribution in [1.29, 1.82) is 0 Å². The topological polar surface area (TPSA) is 70.8 Å². The van der Waals surface area contributed by atoms with Crippen LogP contribution in [0.2, 0.25) is 0 Å². The summed E-state index contributed by atoms with van der Waals surface area (Å²) in [5.41, 5.74) is -0.0865. The van der Waals surface area contributed by atoms with E-state index in [1.54, 1.807) is 4.90 Å². The van der Waals surface area contributed by atoms with Crippen molar-refractivity contribution < 1.29 is 14.3 Å². The molecule has 1 atom stereocenters. The van der Waals surface area contributed by atoms with E-state index in [0.29, 0.717) is 18.7 Å². The Morgan fingerprint density at radius 2 is 2.35 bits per heavy atom. The number of hydrogen-bond acceptors (Lipinski definition) is 4. The van der Waals surface area contributed by atoms with Crippen LogP contribution in [0.3, 0.4) is 0 Å². The van der Waals surface area contributed by atoms with E-state index in [0.717, 1.165) is 12.8 Å². The third-order valence-electron chi connectivity index (χ3n) is 3.01. The van der Waals surface area contributed by atoms with Gasteiger partial charge in [-0.1, -0.05) is 0 Å². The lowest BCUT2D eigenvalue weighted by Gasteiger charge is -2.31. The number of amides is 1. The number of aliphatic hydroxyl groups is 1. The molecule has 0 saturated carbocycles. The molecule has 0 bridgehead atoms. The van der Waals surface area contributed by atoms with Gasteiger partial charge in [-0.25, -0.2) is 4.79 Å². The Morgan fingerprint density at radius 3 is 3.00 bits per heavy atom. The number of nitrogens with zero attached hydrogens (tertiary/aromatic N) is 1. The van der Waals surface area contributed by atoms with Crippen molar-refractivity contribution in [1.82, 2.24) is 4.90 Å². The maximum absolute atomic E-state index is 12.1. The van der Waals surface area contributed by atoms with E-state index >= 15 is 0 Å². The molecule has 92 valence electrons. The summed E-state index contributed by atoms with van der Waals surface area (Å²) < 4.78 is 4.67. The number of carbonyl (C=O) groups excluding carboxylic acids is 1. The molecule has 5 heteroatoms. The largest absolute Gasteiger partial charge is 0.430 e. The van der Waals surface area contributed by atoms with E-state index in [4.69, 9.17) is 5.11 Å². The van der Waals surface area contributed by atoms with Gasteiger partial charge < -0.3 is 14.4 Å². The van der Waals surface area contributed by atoms with Crippen LogP contribution in [0.25, 0.3) is 0 Å². The van der Waals surface area contributed by atoms with Crippen molar-refractivity contribution in [2.24, 2.45) is 5.92 Å². The van der Waals surface area contributed by atoms with E-state index in [2.05, 4.69) is 4.42 Å². The zero-order valence-corrected chi connectivity index (χ0v) is 9.46. The fourth-order valence-corrected chi connectivity index (χ4v) is 2.06. The molecule has 0 spiro atoms. The first kappa shape index (κ1) is 11.9. The highest BCUT2D eigenvalue weighted by atomic mass is 16.4. The molecule has 2 heterocycles. The Kier molecular flexibility index (Phi) is 3.58. The molecule has 5 nitrogen and oxygen atoms in total. The molecule has 0 aromatic carbocycles. The third-order valence-corrected chi connectivity index (χ3v) is 3.01. The van der Waals surface area contributed by atoms with Gasteiger partial charge in [-0.2, -0.15) is 0 Å². The first-order chi connectivity index (χ1) is 8.20. The molecule has 0 aliphatic carbocycles. The van der Waals surface area contributed by atoms with Gasteiger partial charge in [0, 0.05) is 25.8 Å². The van der Waals surface area contributed by atoms with Gasteiger partial charge in [0.15, 0.2) is 0 Å². The van der Waals surface area contributed by atoms with Gasteiger partial charge in [-0.15, -0.1) is 0 Å². The monoisotopic (exact) mass is 237 g/mol. The zero-order chi connectivity index (χ0) is 12.3. The van der Waals surface area contributed by atoms with Crippen LogP contribution in [-0.4, -0.2) is 35.6 Å². The van der Waals surface area contributed by atoms with Gasteiger partial charge >= 0.3 is 5.63 Å². The Bertz CT molecular complexity index is 434. The SMILES string of the molecule is O=C(c1ccc(=O)oc1)N1CCCC(CO)C1. The minimum Gasteiger partial charge on any atom is -0.430 e. The summed E-state index contributed by atoms with van der Waals surface area (Å²) in [7, 11) is 0. The molecule has 1 fully saturated rings. The number of hydrogen-bond donors (Lipinski definition) is 1. The average Bonchev–Trinajstić information content (AvgIpc) is 2.39. The molecule has 1 aliphatic heterocycles. The van der Waals surface area contributed by atoms with Gasteiger partial charge in [0.25, 0.3) is 5.91 Å². The first-order valence-corrected chi connectivity index (χ1v) is 5.69. The third kappa shape index (κ3) is 2.74. The predicted octanol–water partition coefficient (Wildman–Crippen LogP) is 0.484. The van der Waals surface area contributed by atoms with Crippen LogP contribution in [-0.2, 0) is 0 Å². The molecular formula is C12H15NO4. The number of likely N-dealkylation sites (tertiary alicyclic amines) is 1. The van der Waals surface area contributed by atoms with Crippen molar-refractivity contribution in [3.05, 3.63) is 34.4 Å². The predicted molar refractivity (Wildman–Crippen MR) is 60.7 cm³/mol. The maximum atomic E-state index is 12.1. The molecule has 1 amide bonds. The number of carbonyl (C=O) groups is 1. The summed E-state index contributed by atoms with van der Waals surface area (Å²) in [5, 5.41) is 9.10. The van der Waals surface area contributed by atoms with Crippen LogP contribution in [0.4, 0.5) is 0 Å². The van der Waals surface area contributed by atoms with Crippen molar-refractivity contribution in [3.8, 4) is 0 Å². The van der Waals surface area contributed by atoms with Crippen molar-refractivity contribution in [2.75, 3.05) is 19.7 Å². The van der Waals surface area contributed by atoms with E-state index < -0.39 is 5.63 Å². The minimum atomic E-state index is -0.464. The van der Waals surface area contributed by atoms with Gasteiger partial charge in [0.2, 0.25) is 0 Å². The van der Waals surface area contributed by atoms with Gasteiger partial charge in [-0.3, -0.25) is 4.79 Å². The van der Waals surface area contributed by atoms with E-state index in [1.165, 1.54) is 18.4 Å². The molecule has 2 rings (SSSR count). The van der Waals surface area contributed by atoms with Crippen LogP contribution in [0.5, 0.6) is 0 Å². The van der Waals surface area contributed by atoms with Crippen LogP contribution in [0.15, 0.2) is 27.6 Å². The molecule has 1 saturated heterocycles. The second-order valence-electron chi connectivity index (χ2n) is 4.29. The zero-order valence-electron chi connectivity index (χ0n) is 9.46. The molecule has 17 heavy (non-hydrogen) atoms. The highest BCUT2D eigenvalue weighted by Crippen LogP contribution is 2.17. The summed E-state index contributed by atoms with van der Waals surface area (Å²) in [5.74, 6) is 0.00956. The molecule has 1 unspecified atom stereocenters. The number of rotatable bonds is 2. The van der Waals surface area contributed by atoms with E-state index in [9.17, 15) is 9.59 Å². The van der Waals surface area contributed by atoms with Gasteiger partial charge in [-0.05, 0) is 24.8 Å². The van der Waals surface area contributed by atoms with Crippen LogP contribution < -0.4 is 5.63 Å². The average molecular weight is 237 g/mol. The standard InChI is InChI=1S/C12H15NO4/c14-7-9-2-1-5-13(6-9)12(16)10-3-4-11(15)17-8-10/h3-4,8-9,14H,1-2,5-7H2. The smallest absolute Gasteiger partial charge is 0.335 e. The first-order valence-electron chi connectivity index (χ1n) is 5.69. The molecule has 0 radical (unpaired) electrons. The minimum absolute atomic E-state index is 0.105. The van der Waals surface area contributed by atoms with Crippen LogP contribution >= 0.6 is 0 Å². The Morgan fingerprint density at radius 1 is 1.53 bits per heavy atom. The quantitative estimate of drug-likeness (QED) is 0.812. The molecule has 1 aromatic heterocycles. The number of piperidine rings is 1. The lowest BCUT2D eigenvalue weighted by molar-refractivity contribution is 0.0618. The van der Waals surface area contributed by atoms with Crippen molar-refractivity contribution >= 4 is 5.91 Å². The summed E-state index contributed by atoms with van der Waals surface area (Å²) in [4.78, 5) is 24.5. The fourth-order valence-electron chi connectivity index (χ4n) is 2.06. The lowest BCUT2D eigenvalue weighted by atomic mass is 9.98. The van der Waals surface area contributed by atoms with Crippen LogP contribution in [0, 0.1) is 5.92 Å². The highest BCUT2D eigenvalue weighted by molar-refractivity contribution is 5.93. The fraction of sp³-hybridized carbons (Fsp3) is 0.500. The van der Waals surface area contributed by atoms with Gasteiger partial charge in [0.05, 0.1) is 5.56 Å². The summed E-state index contributed by atoms with van der Waals surface area (Å²) >= 11 is 0. The van der Waals surface area contributed by atoms with Crippen molar-refractivity contribution in [3.63, 3.8) is 0 Å².